The number of hydrogen-bond acceptors (Lipinski definition) is 7. The fourth-order valence-electron chi connectivity index (χ4n) is 3.19. The topological polar surface area (TPSA) is 130 Å². The lowest BCUT2D eigenvalue weighted by atomic mass is 10.2. The number of hydrogen-bond donors (Lipinski definition) is 1. The number of carbonyl (C=O) groups is 2. The molecule has 1 amide bonds. The molecule has 160 valence electrons. The van der Waals surface area contributed by atoms with Gasteiger partial charge in [0.2, 0.25) is 5.91 Å². The zero-order valence-corrected chi connectivity index (χ0v) is 17.2. The summed E-state index contributed by atoms with van der Waals surface area (Å²) in [6, 6.07) is 1.54. The van der Waals surface area contributed by atoms with Crippen LogP contribution in [0.5, 0.6) is 0 Å². The average molecular weight is 417 g/mol. The molecule has 3 aromatic heterocycles. The maximum Gasteiger partial charge on any atom is 0.341 e. The van der Waals surface area contributed by atoms with Gasteiger partial charge in [-0.2, -0.15) is 0 Å². The van der Waals surface area contributed by atoms with Crippen molar-refractivity contribution in [1.29, 1.82) is 0 Å². The number of nitrogens with zero attached hydrogens (tertiary/aromatic N) is 4. The normalized spacial score (nSPS) is 11.1. The highest BCUT2D eigenvalue weighted by Crippen LogP contribution is 2.15. The minimum atomic E-state index is -0.495. The third kappa shape index (κ3) is 3.91. The average Bonchev–Trinajstić information content (AvgIpc) is 3.32. The summed E-state index contributed by atoms with van der Waals surface area (Å²) < 4.78 is 14.1. The zero-order chi connectivity index (χ0) is 22.0. The number of ether oxygens (including phenoxy) is 1. The molecule has 3 heterocycles. The number of aromatic nitrogens is 4. The van der Waals surface area contributed by atoms with Crippen LogP contribution in [-0.4, -0.2) is 37.7 Å². The molecule has 0 aliphatic heterocycles. The summed E-state index contributed by atoms with van der Waals surface area (Å²) in [6.07, 6.45) is 2.17. The number of esters is 1. The Kier molecular flexibility index (Phi) is 5.90. The van der Waals surface area contributed by atoms with Crippen LogP contribution in [0.4, 0.5) is 0 Å². The van der Waals surface area contributed by atoms with Gasteiger partial charge in [-0.25, -0.2) is 14.6 Å². The van der Waals surface area contributed by atoms with Gasteiger partial charge in [-0.05, 0) is 19.4 Å². The van der Waals surface area contributed by atoms with Crippen LogP contribution in [0.25, 0.3) is 11.2 Å². The monoisotopic (exact) mass is 417 g/mol. The third-order valence-electron chi connectivity index (χ3n) is 4.85. The summed E-state index contributed by atoms with van der Waals surface area (Å²) in [4.78, 5) is 52.3. The van der Waals surface area contributed by atoms with Crippen molar-refractivity contribution in [3.8, 4) is 0 Å². The van der Waals surface area contributed by atoms with Gasteiger partial charge in [0.05, 0.1) is 20.0 Å². The van der Waals surface area contributed by atoms with Crippen LogP contribution < -0.4 is 16.6 Å². The molecule has 0 saturated carbocycles. The van der Waals surface area contributed by atoms with Crippen molar-refractivity contribution in [2.45, 2.75) is 32.9 Å². The molecule has 0 aliphatic carbocycles. The summed E-state index contributed by atoms with van der Waals surface area (Å²) in [6.45, 7) is 2.18. The predicted octanol–water partition coefficient (Wildman–Crippen LogP) is 0.218. The second kappa shape index (κ2) is 8.39. The Balaban J connectivity index is 1.59. The number of carbonyl (C=O) groups excluding carboxylic acids is 2. The van der Waals surface area contributed by atoms with Gasteiger partial charge in [0.25, 0.3) is 5.56 Å². The van der Waals surface area contributed by atoms with Crippen LogP contribution in [0.15, 0.2) is 26.4 Å². The van der Waals surface area contributed by atoms with Gasteiger partial charge in [0, 0.05) is 27.1 Å². The Morgan fingerprint density at radius 2 is 1.97 bits per heavy atom. The standard InChI is InChI=1S/C19H23N5O6/c1-11-13(18(27)29-4)8-12(30-11)9-20-14(25)6-5-7-24-10-21-16-15(24)17(26)23(3)19(28)22(16)2/h8,10H,5-7,9H2,1-4H3,(H,20,25). The predicted molar refractivity (Wildman–Crippen MR) is 106 cm³/mol. The van der Waals surface area contributed by atoms with Crippen molar-refractivity contribution in [3.63, 3.8) is 0 Å². The van der Waals surface area contributed by atoms with Gasteiger partial charge < -0.3 is 19.0 Å². The van der Waals surface area contributed by atoms with Crippen molar-refractivity contribution < 1.29 is 18.7 Å². The lowest BCUT2D eigenvalue weighted by molar-refractivity contribution is -0.121. The first-order valence-corrected chi connectivity index (χ1v) is 9.29. The molecule has 1 N–H and O–H groups in total. The van der Waals surface area contributed by atoms with E-state index in [4.69, 9.17) is 4.42 Å². The van der Waals surface area contributed by atoms with Crippen molar-refractivity contribution >= 4 is 23.0 Å². The van der Waals surface area contributed by atoms with E-state index in [9.17, 15) is 19.2 Å². The highest BCUT2D eigenvalue weighted by Gasteiger charge is 2.16. The van der Waals surface area contributed by atoms with Gasteiger partial charge in [-0.15, -0.1) is 0 Å². The fraction of sp³-hybridized carbons (Fsp3) is 0.421. The van der Waals surface area contributed by atoms with E-state index in [-0.39, 0.29) is 18.9 Å². The first-order chi connectivity index (χ1) is 14.2. The molecule has 0 unspecified atom stereocenters. The molecule has 3 aromatic rings. The van der Waals surface area contributed by atoms with E-state index in [0.717, 1.165) is 4.57 Å². The third-order valence-corrected chi connectivity index (χ3v) is 4.85. The number of nitrogens with one attached hydrogen (secondary N) is 1. The number of amides is 1. The Morgan fingerprint density at radius 1 is 1.23 bits per heavy atom. The maximum atomic E-state index is 12.4. The number of imidazole rings is 1. The molecule has 3 rings (SSSR count). The molecular formula is C19H23N5O6. The van der Waals surface area contributed by atoms with Crippen LogP contribution >= 0.6 is 0 Å². The molecule has 0 spiro atoms. The zero-order valence-electron chi connectivity index (χ0n) is 17.2. The van der Waals surface area contributed by atoms with Gasteiger partial charge in [-0.1, -0.05) is 0 Å². The van der Waals surface area contributed by atoms with Crippen LogP contribution in [0.1, 0.15) is 34.7 Å². The number of furan rings is 1. The van der Waals surface area contributed by atoms with E-state index in [1.165, 1.54) is 25.1 Å². The van der Waals surface area contributed by atoms with Crippen LogP contribution in [-0.2, 0) is 36.7 Å². The second-order valence-corrected chi connectivity index (χ2v) is 6.87. The highest BCUT2D eigenvalue weighted by atomic mass is 16.5. The van der Waals surface area contributed by atoms with Crippen LogP contribution in [0.2, 0.25) is 0 Å². The number of methoxy groups -OCH3 is 1. The molecule has 0 aromatic carbocycles. The Morgan fingerprint density at radius 3 is 2.67 bits per heavy atom. The van der Waals surface area contributed by atoms with Gasteiger partial charge in [-0.3, -0.25) is 18.7 Å². The maximum absolute atomic E-state index is 12.4. The molecular weight excluding hydrogens is 394 g/mol. The van der Waals surface area contributed by atoms with Gasteiger partial charge in [0.15, 0.2) is 11.2 Å². The van der Waals surface area contributed by atoms with Gasteiger partial charge >= 0.3 is 11.7 Å². The molecule has 0 bridgehead atoms. The minimum Gasteiger partial charge on any atom is -0.465 e. The molecule has 11 heteroatoms. The number of aryl methyl sites for hydroxylation is 3. The first-order valence-electron chi connectivity index (χ1n) is 9.29. The van der Waals surface area contributed by atoms with E-state index in [1.807, 2.05) is 0 Å². The Hall–Kier alpha value is -3.63. The lowest BCUT2D eigenvalue weighted by Crippen LogP contribution is -2.37. The summed E-state index contributed by atoms with van der Waals surface area (Å²) >= 11 is 0. The smallest absolute Gasteiger partial charge is 0.341 e. The van der Waals surface area contributed by atoms with Crippen LogP contribution in [0.3, 0.4) is 0 Å². The number of fused-ring (bicyclic) bond motifs is 1. The summed E-state index contributed by atoms with van der Waals surface area (Å²) in [5.41, 5.74) is 0.0820. The molecule has 30 heavy (non-hydrogen) atoms. The molecule has 0 saturated heterocycles. The molecule has 0 fully saturated rings. The molecule has 0 aliphatic rings. The summed E-state index contributed by atoms with van der Waals surface area (Å²) in [5.74, 6) is 0.179. The van der Waals surface area contributed by atoms with E-state index in [0.29, 0.717) is 41.2 Å². The van der Waals surface area contributed by atoms with Crippen molar-refractivity contribution in [2.75, 3.05) is 7.11 Å². The summed E-state index contributed by atoms with van der Waals surface area (Å²) in [5, 5.41) is 2.73. The Labute approximate surface area is 170 Å². The quantitative estimate of drug-likeness (QED) is 0.544. The van der Waals surface area contributed by atoms with E-state index >= 15 is 0 Å². The largest absolute Gasteiger partial charge is 0.465 e. The van der Waals surface area contributed by atoms with Crippen molar-refractivity contribution in [2.24, 2.45) is 14.1 Å². The summed E-state index contributed by atoms with van der Waals surface area (Å²) in [7, 11) is 4.25. The SMILES string of the molecule is COC(=O)c1cc(CNC(=O)CCCn2cnc3c2c(=O)n(C)c(=O)n3C)oc1C. The Bertz CT molecular complexity index is 1230. The van der Waals surface area contributed by atoms with E-state index < -0.39 is 17.2 Å². The second-order valence-electron chi connectivity index (χ2n) is 6.87. The van der Waals surface area contributed by atoms with Crippen molar-refractivity contribution in [1.82, 2.24) is 24.0 Å². The molecule has 0 atom stereocenters. The number of rotatable bonds is 7. The van der Waals surface area contributed by atoms with Crippen molar-refractivity contribution in [3.05, 3.63) is 50.3 Å². The van der Waals surface area contributed by atoms with E-state index in [1.54, 1.807) is 24.6 Å². The lowest BCUT2D eigenvalue weighted by Gasteiger charge is -2.07. The van der Waals surface area contributed by atoms with Gasteiger partial charge in [0.1, 0.15) is 17.1 Å². The van der Waals surface area contributed by atoms with E-state index in [2.05, 4.69) is 15.0 Å². The van der Waals surface area contributed by atoms with Crippen LogP contribution in [0, 0.1) is 6.92 Å². The fourth-order valence-corrected chi connectivity index (χ4v) is 3.19. The first kappa shape index (κ1) is 21.1. The molecule has 11 nitrogen and oxygen atoms in total. The molecule has 0 radical (unpaired) electrons. The highest BCUT2D eigenvalue weighted by molar-refractivity contribution is 5.90. The minimum absolute atomic E-state index is 0.146.